The van der Waals surface area contributed by atoms with E-state index < -0.39 is 0 Å². The van der Waals surface area contributed by atoms with Crippen LogP contribution >= 0.6 is 0 Å². The highest BCUT2D eigenvalue weighted by Crippen LogP contribution is 2.24. The summed E-state index contributed by atoms with van der Waals surface area (Å²) in [6.07, 6.45) is 0.945. The van der Waals surface area contributed by atoms with E-state index in [9.17, 15) is 4.79 Å². The number of para-hydroxylation sites is 1. The van der Waals surface area contributed by atoms with Crippen LogP contribution < -0.4 is 10.2 Å². The van der Waals surface area contributed by atoms with Gasteiger partial charge in [-0.3, -0.25) is 4.90 Å². The molecule has 92 valence electrons. The van der Waals surface area contributed by atoms with Gasteiger partial charge in [0, 0.05) is 25.8 Å². The molecule has 1 fully saturated rings. The molecular formula is C13H19N3O. The zero-order valence-corrected chi connectivity index (χ0v) is 10.4. The molecule has 1 aromatic carbocycles. The van der Waals surface area contributed by atoms with Crippen molar-refractivity contribution in [3.8, 4) is 0 Å². The summed E-state index contributed by atoms with van der Waals surface area (Å²) in [5.74, 6) is 0. The standard InChI is InChI=1S/C13H19N3O/c1-14-8-7-11-5-3-4-6-12(11)16-10-9-15(2)13(16)17/h3-6,14H,7-10H2,1-2H3. The summed E-state index contributed by atoms with van der Waals surface area (Å²) in [6.45, 7) is 2.51. The van der Waals surface area contributed by atoms with Crippen LogP contribution in [0.1, 0.15) is 5.56 Å². The molecule has 1 aromatic rings. The zero-order chi connectivity index (χ0) is 12.3. The van der Waals surface area contributed by atoms with Crippen LogP contribution in [0.4, 0.5) is 10.5 Å². The van der Waals surface area contributed by atoms with Crippen LogP contribution in [0.2, 0.25) is 0 Å². The van der Waals surface area contributed by atoms with Crippen molar-refractivity contribution < 1.29 is 4.79 Å². The molecule has 1 N–H and O–H groups in total. The third kappa shape index (κ3) is 2.42. The number of hydrogen-bond donors (Lipinski definition) is 1. The second-order valence-corrected chi connectivity index (χ2v) is 4.34. The average Bonchev–Trinajstić information content (AvgIpc) is 2.68. The molecule has 2 rings (SSSR count). The topological polar surface area (TPSA) is 35.6 Å². The number of urea groups is 1. The normalized spacial score (nSPS) is 15.8. The maximum Gasteiger partial charge on any atom is 0.324 e. The average molecular weight is 233 g/mol. The number of likely N-dealkylation sites (N-methyl/N-ethyl adjacent to an activating group) is 2. The van der Waals surface area contributed by atoms with Crippen molar-refractivity contribution in [1.82, 2.24) is 10.2 Å². The Morgan fingerprint density at radius 2 is 2.06 bits per heavy atom. The summed E-state index contributed by atoms with van der Waals surface area (Å²) in [7, 11) is 3.79. The van der Waals surface area contributed by atoms with Crippen molar-refractivity contribution in [3.05, 3.63) is 29.8 Å². The summed E-state index contributed by atoms with van der Waals surface area (Å²) >= 11 is 0. The van der Waals surface area contributed by atoms with Crippen LogP contribution in [0.5, 0.6) is 0 Å². The summed E-state index contributed by atoms with van der Waals surface area (Å²) < 4.78 is 0. The Kier molecular flexibility index (Phi) is 3.64. The Labute approximate surface area is 102 Å². The van der Waals surface area contributed by atoms with Crippen molar-refractivity contribution in [3.63, 3.8) is 0 Å². The molecule has 1 aliphatic heterocycles. The molecule has 0 atom stereocenters. The molecule has 1 heterocycles. The van der Waals surface area contributed by atoms with E-state index in [0.29, 0.717) is 0 Å². The lowest BCUT2D eigenvalue weighted by atomic mass is 10.1. The van der Waals surface area contributed by atoms with E-state index in [1.807, 2.05) is 37.2 Å². The predicted octanol–water partition coefficient (Wildman–Crippen LogP) is 1.32. The van der Waals surface area contributed by atoms with E-state index in [-0.39, 0.29) is 6.03 Å². The number of carbonyl (C=O) groups is 1. The van der Waals surface area contributed by atoms with Gasteiger partial charge >= 0.3 is 6.03 Å². The van der Waals surface area contributed by atoms with E-state index in [4.69, 9.17) is 0 Å². The molecule has 0 unspecified atom stereocenters. The fourth-order valence-electron chi connectivity index (χ4n) is 2.12. The molecule has 0 aliphatic carbocycles. The van der Waals surface area contributed by atoms with Gasteiger partial charge < -0.3 is 10.2 Å². The minimum absolute atomic E-state index is 0.0990. The molecule has 1 saturated heterocycles. The summed E-state index contributed by atoms with van der Waals surface area (Å²) in [4.78, 5) is 15.6. The van der Waals surface area contributed by atoms with E-state index in [1.165, 1.54) is 5.56 Å². The molecule has 0 radical (unpaired) electrons. The van der Waals surface area contributed by atoms with Gasteiger partial charge in [-0.1, -0.05) is 18.2 Å². The minimum Gasteiger partial charge on any atom is -0.326 e. The predicted molar refractivity (Wildman–Crippen MR) is 69.4 cm³/mol. The maximum atomic E-state index is 12.0. The summed E-state index contributed by atoms with van der Waals surface area (Å²) in [5.41, 5.74) is 2.28. The quantitative estimate of drug-likeness (QED) is 0.851. The van der Waals surface area contributed by atoms with Crippen LogP contribution in [0, 0.1) is 0 Å². The Morgan fingerprint density at radius 3 is 2.71 bits per heavy atom. The maximum absolute atomic E-state index is 12.0. The van der Waals surface area contributed by atoms with Gasteiger partial charge in [-0.2, -0.15) is 0 Å². The lowest BCUT2D eigenvalue weighted by Crippen LogP contribution is -2.30. The van der Waals surface area contributed by atoms with Gasteiger partial charge in [0.1, 0.15) is 0 Å². The first-order chi connectivity index (χ1) is 8.24. The lowest BCUT2D eigenvalue weighted by molar-refractivity contribution is 0.229. The van der Waals surface area contributed by atoms with Gasteiger partial charge in [0.15, 0.2) is 0 Å². The molecule has 0 spiro atoms. The first-order valence-electron chi connectivity index (χ1n) is 5.99. The third-order valence-electron chi connectivity index (χ3n) is 3.14. The summed E-state index contributed by atoms with van der Waals surface area (Å²) in [6, 6.07) is 8.24. The second kappa shape index (κ2) is 5.19. The number of nitrogens with one attached hydrogen (secondary N) is 1. The second-order valence-electron chi connectivity index (χ2n) is 4.34. The number of carbonyl (C=O) groups excluding carboxylic acids is 1. The molecule has 1 aliphatic rings. The molecule has 17 heavy (non-hydrogen) atoms. The number of benzene rings is 1. The van der Waals surface area contributed by atoms with Crippen LogP contribution in [-0.4, -0.2) is 44.7 Å². The SMILES string of the molecule is CNCCc1ccccc1N1CCN(C)C1=O. The Hall–Kier alpha value is -1.55. The number of amides is 2. The number of hydrogen-bond acceptors (Lipinski definition) is 2. The molecule has 4 heteroatoms. The smallest absolute Gasteiger partial charge is 0.324 e. The number of anilines is 1. The van der Waals surface area contributed by atoms with E-state index in [1.54, 1.807) is 4.90 Å². The first kappa shape index (κ1) is 11.9. The van der Waals surface area contributed by atoms with Crippen LogP contribution in [0.3, 0.4) is 0 Å². The minimum atomic E-state index is 0.0990. The van der Waals surface area contributed by atoms with Gasteiger partial charge in [-0.25, -0.2) is 4.79 Å². The van der Waals surface area contributed by atoms with Gasteiger partial charge in [0.25, 0.3) is 0 Å². The first-order valence-corrected chi connectivity index (χ1v) is 5.99. The van der Waals surface area contributed by atoms with Gasteiger partial charge in [-0.15, -0.1) is 0 Å². The molecular weight excluding hydrogens is 214 g/mol. The van der Waals surface area contributed by atoms with Gasteiger partial charge in [0.2, 0.25) is 0 Å². The van der Waals surface area contributed by atoms with Crippen LogP contribution in [-0.2, 0) is 6.42 Å². The molecule has 2 amide bonds. The fourth-order valence-corrected chi connectivity index (χ4v) is 2.12. The van der Waals surface area contributed by atoms with E-state index >= 15 is 0 Å². The summed E-state index contributed by atoms with van der Waals surface area (Å²) in [5, 5.41) is 3.14. The highest BCUT2D eigenvalue weighted by molar-refractivity contribution is 5.94. The number of nitrogens with zero attached hydrogens (tertiary/aromatic N) is 2. The fraction of sp³-hybridized carbons (Fsp3) is 0.462. The monoisotopic (exact) mass is 233 g/mol. The van der Waals surface area contributed by atoms with Gasteiger partial charge in [-0.05, 0) is 31.6 Å². The molecule has 4 nitrogen and oxygen atoms in total. The van der Waals surface area contributed by atoms with Crippen molar-refractivity contribution in [2.45, 2.75) is 6.42 Å². The van der Waals surface area contributed by atoms with Crippen molar-refractivity contribution in [1.29, 1.82) is 0 Å². The van der Waals surface area contributed by atoms with Crippen molar-refractivity contribution >= 4 is 11.7 Å². The Bertz CT molecular complexity index is 405. The Morgan fingerprint density at radius 1 is 1.29 bits per heavy atom. The van der Waals surface area contributed by atoms with Crippen LogP contribution in [0.15, 0.2) is 24.3 Å². The third-order valence-corrected chi connectivity index (χ3v) is 3.14. The zero-order valence-electron chi connectivity index (χ0n) is 10.4. The van der Waals surface area contributed by atoms with Crippen molar-refractivity contribution in [2.75, 3.05) is 38.6 Å². The molecule has 0 saturated carbocycles. The highest BCUT2D eigenvalue weighted by atomic mass is 16.2. The molecule has 0 bridgehead atoms. The molecule has 0 aromatic heterocycles. The lowest BCUT2D eigenvalue weighted by Gasteiger charge is -2.19. The van der Waals surface area contributed by atoms with E-state index in [2.05, 4.69) is 11.4 Å². The van der Waals surface area contributed by atoms with E-state index in [0.717, 1.165) is 31.7 Å². The van der Waals surface area contributed by atoms with Crippen LogP contribution in [0.25, 0.3) is 0 Å². The van der Waals surface area contributed by atoms with Gasteiger partial charge in [0.05, 0.1) is 0 Å². The van der Waals surface area contributed by atoms with Crippen molar-refractivity contribution in [2.24, 2.45) is 0 Å². The Balaban J connectivity index is 2.22. The number of rotatable bonds is 4. The highest BCUT2D eigenvalue weighted by Gasteiger charge is 2.27. The largest absolute Gasteiger partial charge is 0.326 e.